The average molecular weight is 417 g/mol. The van der Waals surface area contributed by atoms with Gasteiger partial charge in [0.15, 0.2) is 5.82 Å². The van der Waals surface area contributed by atoms with Crippen molar-refractivity contribution in [1.29, 1.82) is 0 Å². The lowest BCUT2D eigenvalue weighted by molar-refractivity contribution is 0.415. The zero-order valence-electron chi connectivity index (χ0n) is 17.1. The number of methoxy groups -OCH3 is 1. The van der Waals surface area contributed by atoms with Gasteiger partial charge in [0.05, 0.1) is 18.8 Å². The van der Waals surface area contributed by atoms with Crippen LogP contribution < -0.4 is 10.1 Å². The zero-order valence-corrected chi connectivity index (χ0v) is 17.9. The van der Waals surface area contributed by atoms with E-state index in [1.807, 2.05) is 48.9 Å². The first-order chi connectivity index (χ1) is 14.7. The van der Waals surface area contributed by atoms with E-state index in [0.29, 0.717) is 12.4 Å². The molecule has 152 valence electrons. The molecule has 0 fully saturated rings. The maximum atomic E-state index is 5.21. The molecule has 1 N–H and O–H groups in total. The third-order valence-corrected chi connectivity index (χ3v) is 5.74. The minimum atomic E-state index is 0.127. The lowest BCUT2D eigenvalue weighted by Gasteiger charge is -2.19. The van der Waals surface area contributed by atoms with Crippen molar-refractivity contribution in [3.8, 4) is 17.1 Å². The molecule has 0 aliphatic heterocycles. The van der Waals surface area contributed by atoms with Gasteiger partial charge in [-0.2, -0.15) is 11.3 Å². The molecule has 0 amide bonds. The van der Waals surface area contributed by atoms with Gasteiger partial charge in [-0.05, 0) is 71.6 Å². The van der Waals surface area contributed by atoms with Crippen LogP contribution in [0.25, 0.3) is 11.4 Å². The third kappa shape index (κ3) is 4.90. The Labute approximate surface area is 180 Å². The Balaban J connectivity index is 1.47. The molecule has 5 nitrogen and oxygen atoms in total. The SMILES string of the molecule is COc1ccc(-c2ncc(CN[C@H](Cc3ccsc3)c3ncccc3C)cn2)cc1. The number of nitrogens with zero attached hydrogens (tertiary/aromatic N) is 3. The smallest absolute Gasteiger partial charge is 0.159 e. The molecule has 0 aliphatic rings. The van der Waals surface area contributed by atoms with E-state index in [9.17, 15) is 0 Å². The van der Waals surface area contributed by atoms with Crippen molar-refractivity contribution in [2.45, 2.75) is 25.9 Å². The van der Waals surface area contributed by atoms with Crippen LogP contribution in [0.15, 0.2) is 71.8 Å². The van der Waals surface area contributed by atoms with Gasteiger partial charge in [0.25, 0.3) is 0 Å². The van der Waals surface area contributed by atoms with E-state index < -0.39 is 0 Å². The molecular weight excluding hydrogens is 392 g/mol. The first-order valence-electron chi connectivity index (χ1n) is 9.84. The van der Waals surface area contributed by atoms with E-state index in [0.717, 1.165) is 29.0 Å². The molecule has 3 aromatic heterocycles. The Morgan fingerprint density at radius 3 is 2.47 bits per heavy atom. The summed E-state index contributed by atoms with van der Waals surface area (Å²) in [4.78, 5) is 13.7. The standard InChI is InChI=1S/C24H24N4OS/c1-17-4-3-10-25-23(17)22(12-18-9-11-30-16-18)26-13-19-14-27-24(28-15-19)20-5-7-21(29-2)8-6-20/h3-11,14-16,22,26H,12-13H2,1-2H3/t22-/m1/s1. The van der Waals surface area contributed by atoms with Gasteiger partial charge in [0.2, 0.25) is 0 Å². The van der Waals surface area contributed by atoms with Crippen LogP contribution in [-0.2, 0) is 13.0 Å². The Kier molecular flexibility index (Phi) is 6.47. The number of thiophene rings is 1. The van der Waals surface area contributed by atoms with E-state index in [2.05, 4.69) is 50.1 Å². The molecule has 4 rings (SSSR count). The molecule has 0 radical (unpaired) electrons. The van der Waals surface area contributed by atoms with Gasteiger partial charge in [-0.1, -0.05) is 6.07 Å². The highest BCUT2D eigenvalue weighted by atomic mass is 32.1. The van der Waals surface area contributed by atoms with Gasteiger partial charge in [0.1, 0.15) is 5.75 Å². The number of hydrogen-bond acceptors (Lipinski definition) is 6. The highest BCUT2D eigenvalue weighted by molar-refractivity contribution is 7.07. The van der Waals surface area contributed by atoms with Crippen molar-refractivity contribution >= 4 is 11.3 Å². The zero-order chi connectivity index (χ0) is 20.8. The molecular formula is C24H24N4OS. The Morgan fingerprint density at radius 2 is 1.80 bits per heavy atom. The molecule has 0 spiro atoms. The first-order valence-corrected chi connectivity index (χ1v) is 10.8. The highest BCUT2D eigenvalue weighted by Crippen LogP contribution is 2.22. The predicted molar refractivity (Wildman–Crippen MR) is 121 cm³/mol. The Bertz CT molecular complexity index is 1060. The first kappa shape index (κ1) is 20.2. The quantitative estimate of drug-likeness (QED) is 0.438. The van der Waals surface area contributed by atoms with Crippen molar-refractivity contribution in [2.75, 3.05) is 7.11 Å². The minimum Gasteiger partial charge on any atom is -0.497 e. The maximum absolute atomic E-state index is 5.21. The lowest BCUT2D eigenvalue weighted by Crippen LogP contribution is -2.24. The van der Waals surface area contributed by atoms with Crippen LogP contribution in [0.5, 0.6) is 5.75 Å². The molecule has 0 aliphatic carbocycles. The van der Waals surface area contributed by atoms with E-state index in [4.69, 9.17) is 4.74 Å². The lowest BCUT2D eigenvalue weighted by atomic mass is 10.0. The van der Waals surface area contributed by atoms with Crippen molar-refractivity contribution in [3.05, 3.63) is 94.2 Å². The van der Waals surface area contributed by atoms with Crippen molar-refractivity contribution in [3.63, 3.8) is 0 Å². The molecule has 1 atom stereocenters. The molecule has 1 aromatic carbocycles. The Hall–Kier alpha value is -3.09. The van der Waals surface area contributed by atoms with Crippen LogP contribution in [0.1, 0.15) is 28.4 Å². The summed E-state index contributed by atoms with van der Waals surface area (Å²) in [6, 6.07) is 14.1. The fourth-order valence-corrected chi connectivity index (χ4v) is 4.03. The normalized spacial score (nSPS) is 11.9. The molecule has 30 heavy (non-hydrogen) atoms. The largest absolute Gasteiger partial charge is 0.497 e. The van der Waals surface area contributed by atoms with Gasteiger partial charge in [0, 0.05) is 36.3 Å². The summed E-state index contributed by atoms with van der Waals surface area (Å²) in [5.74, 6) is 1.53. The number of hydrogen-bond donors (Lipinski definition) is 1. The summed E-state index contributed by atoms with van der Waals surface area (Å²) in [6.45, 7) is 2.78. The number of ether oxygens (including phenoxy) is 1. The second-order valence-corrected chi connectivity index (χ2v) is 7.90. The number of nitrogens with one attached hydrogen (secondary N) is 1. The van der Waals surface area contributed by atoms with Crippen molar-refractivity contribution in [2.24, 2.45) is 0 Å². The van der Waals surface area contributed by atoms with E-state index >= 15 is 0 Å². The van der Waals surface area contributed by atoms with Crippen LogP contribution >= 0.6 is 11.3 Å². The average Bonchev–Trinajstić information content (AvgIpc) is 3.31. The van der Waals surface area contributed by atoms with Gasteiger partial charge < -0.3 is 10.1 Å². The van der Waals surface area contributed by atoms with Crippen LogP contribution in [0.2, 0.25) is 0 Å². The van der Waals surface area contributed by atoms with Crippen LogP contribution in [0, 0.1) is 6.92 Å². The second kappa shape index (κ2) is 9.61. The summed E-state index contributed by atoms with van der Waals surface area (Å²) >= 11 is 1.72. The minimum absolute atomic E-state index is 0.127. The monoisotopic (exact) mass is 416 g/mol. The van der Waals surface area contributed by atoms with Crippen LogP contribution in [0.3, 0.4) is 0 Å². The summed E-state index contributed by atoms with van der Waals surface area (Å²) in [7, 11) is 1.66. The van der Waals surface area contributed by atoms with Gasteiger partial charge in [-0.15, -0.1) is 0 Å². The summed E-state index contributed by atoms with van der Waals surface area (Å²) in [5.41, 5.74) is 5.59. The molecule has 0 saturated heterocycles. The second-order valence-electron chi connectivity index (χ2n) is 7.12. The number of aromatic nitrogens is 3. The summed E-state index contributed by atoms with van der Waals surface area (Å²) in [6.07, 6.45) is 6.52. The number of benzene rings is 1. The van der Waals surface area contributed by atoms with E-state index in [1.54, 1.807) is 18.4 Å². The molecule has 0 saturated carbocycles. The van der Waals surface area contributed by atoms with E-state index in [1.165, 1.54) is 11.1 Å². The van der Waals surface area contributed by atoms with Gasteiger partial charge in [-0.25, -0.2) is 9.97 Å². The summed E-state index contributed by atoms with van der Waals surface area (Å²) in [5, 5.41) is 7.96. The number of aryl methyl sites for hydroxylation is 1. The van der Waals surface area contributed by atoms with E-state index in [-0.39, 0.29) is 6.04 Å². The molecule has 0 unspecified atom stereocenters. The predicted octanol–water partition coefficient (Wildman–Crippen LogP) is 4.99. The van der Waals surface area contributed by atoms with Gasteiger partial charge in [-0.3, -0.25) is 4.98 Å². The van der Waals surface area contributed by atoms with Gasteiger partial charge >= 0.3 is 0 Å². The van der Waals surface area contributed by atoms with Crippen LogP contribution in [0.4, 0.5) is 0 Å². The number of rotatable bonds is 8. The molecule has 0 bridgehead atoms. The van der Waals surface area contributed by atoms with Crippen molar-refractivity contribution < 1.29 is 4.74 Å². The Morgan fingerprint density at radius 1 is 1.00 bits per heavy atom. The molecule has 6 heteroatoms. The fraction of sp³-hybridized carbons (Fsp3) is 0.208. The van der Waals surface area contributed by atoms with Crippen LogP contribution in [-0.4, -0.2) is 22.1 Å². The third-order valence-electron chi connectivity index (χ3n) is 5.01. The van der Waals surface area contributed by atoms with Crippen molar-refractivity contribution in [1.82, 2.24) is 20.3 Å². The molecule has 4 aromatic rings. The maximum Gasteiger partial charge on any atom is 0.159 e. The number of pyridine rings is 1. The highest BCUT2D eigenvalue weighted by Gasteiger charge is 2.16. The fourth-order valence-electron chi connectivity index (χ4n) is 3.35. The molecule has 3 heterocycles. The topological polar surface area (TPSA) is 59.9 Å². The summed E-state index contributed by atoms with van der Waals surface area (Å²) < 4.78 is 5.21.